The minimum atomic E-state index is -4.13. The number of hydrogen-bond acceptors (Lipinski definition) is 2. The first-order chi connectivity index (χ1) is 9.22. The zero-order chi connectivity index (χ0) is 15.0. The Kier molecular flexibility index (Phi) is 4.41. The summed E-state index contributed by atoms with van der Waals surface area (Å²) in [6.45, 7) is 2.53. The number of hydrogen-bond donors (Lipinski definition) is 2. The minimum absolute atomic E-state index is 0.0378. The van der Waals surface area contributed by atoms with Gasteiger partial charge in [-0.15, -0.1) is 0 Å². The molecule has 0 amide bonds. The lowest BCUT2D eigenvalue weighted by molar-refractivity contribution is -0.207. The fourth-order valence-electron chi connectivity index (χ4n) is 4.41. The van der Waals surface area contributed by atoms with Crippen molar-refractivity contribution in [2.75, 3.05) is 6.54 Å². The molecule has 0 aromatic rings. The summed E-state index contributed by atoms with van der Waals surface area (Å²) in [5, 5.41) is 11.0. The third kappa shape index (κ3) is 2.84. The standard InChI is InChI=1S/C15H26F3NO/c1-11-3-2-6-13(9-11,10-19)14(20)7-4-12(5-8-14)15(16,17)18/h11-12,20H,2-10,19H2,1H3. The molecule has 2 saturated carbocycles. The molecule has 3 N–H and O–H groups in total. The maximum Gasteiger partial charge on any atom is 0.391 e. The molecule has 2 aliphatic carbocycles. The number of nitrogens with two attached hydrogens (primary N) is 1. The van der Waals surface area contributed by atoms with E-state index in [2.05, 4.69) is 6.92 Å². The van der Waals surface area contributed by atoms with Crippen LogP contribution in [-0.4, -0.2) is 23.4 Å². The van der Waals surface area contributed by atoms with Crippen LogP contribution in [0.15, 0.2) is 0 Å². The summed E-state index contributed by atoms with van der Waals surface area (Å²) in [6, 6.07) is 0. The number of rotatable bonds is 2. The lowest BCUT2D eigenvalue weighted by Crippen LogP contribution is -2.56. The largest absolute Gasteiger partial charge is 0.391 e. The molecule has 0 radical (unpaired) electrons. The summed E-state index contributed by atoms with van der Waals surface area (Å²) < 4.78 is 38.3. The number of aliphatic hydroxyl groups is 1. The van der Waals surface area contributed by atoms with E-state index >= 15 is 0 Å². The maximum absolute atomic E-state index is 12.8. The van der Waals surface area contributed by atoms with Crippen molar-refractivity contribution < 1.29 is 18.3 Å². The molecule has 2 fully saturated rings. The van der Waals surface area contributed by atoms with Crippen LogP contribution in [0, 0.1) is 17.3 Å². The Morgan fingerprint density at radius 1 is 1.15 bits per heavy atom. The number of alkyl halides is 3. The van der Waals surface area contributed by atoms with Gasteiger partial charge >= 0.3 is 6.18 Å². The van der Waals surface area contributed by atoms with Crippen LogP contribution in [0.1, 0.15) is 58.3 Å². The van der Waals surface area contributed by atoms with Gasteiger partial charge in [0.1, 0.15) is 0 Å². The first-order valence-electron chi connectivity index (χ1n) is 7.72. The molecule has 20 heavy (non-hydrogen) atoms. The zero-order valence-electron chi connectivity index (χ0n) is 12.2. The van der Waals surface area contributed by atoms with Gasteiger partial charge in [0, 0.05) is 12.0 Å². The van der Waals surface area contributed by atoms with Gasteiger partial charge in [-0.3, -0.25) is 0 Å². The maximum atomic E-state index is 12.8. The van der Waals surface area contributed by atoms with Crippen molar-refractivity contribution >= 4 is 0 Å². The SMILES string of the molecule is CC1CCCC(CN)(C2(O)CCC(C(F)(F)F)CC2)C1. The van der Waals surface area contributed by atoms with Crippen molar-refractivity contribution in [2.24, 2.45) is 23.0 Å². The molecule has 118 valence electrons. The van der Waals surface area contributed by atoms with E-state index in [4.69, 9.17) is 5.73 Å². The highest BCUT2D eigenvalue weighted by Crippen LogP contribution is 2.54. The van der Waals surface area contributed by atoms with E-state index in [1.54, 1.807) is 0 Å². The van der Waals surface area contributed by atoms with Crippen LogP contribution in [-0.2, 0) is 0 Å². The Hall–Kier alpha value is -0.290. The second-order valence-electron chi connectivity index (χ2n) is 7.03. The Bertz CT molecular complexity index is 337. The fourth-order valence-corrected chi connectivity index (χ4v) is 4.41. The van der Waals surface area contributed by atoms with Crippen LogP contribution < -0.4 is 5.73 Å². The molecule has 0 aliphatic heterocycles. The van der Waals surface area contributed by atoms with E-state index < -0.39 is 17.7 Å². The van der Waals surface area contributed by atoms with Gasteiger partial charge in [0.2, 0.25) is 0 Å². The van der Waals surface area contributed by atoms with Crippen LogP contribution >= 0.6 is 0 Å². The third-order valence-corrected chi connectivity index (χ3v) is 5.75. The highest BCUT2D eigenvalue weighted by atomic mass is 19.4. The molecule has 0 aromatic heterocycles. The summed E-state index contributed by atoms with van der Waals surface area (Å²) in [6.07, 6.45) is 0.260. The normalized spacial score (nSPS) is 43.5. The van der Waals surface area contributed by atoms with Gasteiger partial charge in [-0.25, -0.2) is 0 Å². The second-order valence-corrected chi connectivity index (χ2v) is 7.03. The predicted molar refractivity (Wildman–Crippen MR) is 72.1 cm³/mol. The molecule has 2 nitrogen and oxygen atoms in total. The summed E-state index contributed by atoms with van der Waals surface area (Å²) in [4.78, 5) is 0. The van der Waals surface area contributed by atoms with Gasteiger partial charge in [0.05, 0.1) is 11.5 Å². The van der Waals surface area contributed by atoms with E-state index in [1.807, 2.05) is 0 Å². The molecule has 2 atom stereocenters. The molecular weight excluding hydrogens is 267 g/mol. The van der Waals surface area contributed by atoms with Crippen LogP contribution in [0.5, 0.6) is 0 Å². The molecule has 0 heterocycles. The molecule has 0 saturated heterocycles. The highest BCUT2D eigenvalue weighted by Gasteiger charge is 2.54. The van der Waals surface area contributed by atoms with Crippen molar-refractivity contribution in [1.82, 2.24) is 0 Å². The third-order valence-electron chi connectivity index (χ3n) is 5.75. The molecule has 0 spiro atoms. The van der Waals surface area contributed by atoms with Crippen molar-refractivity contribution in [3.05, 3.63) is 0 Å². The molecule has 0 bridgehead atoms. The van der Waals surface area contributed by atoms with Gasteiger partial charge in [-0.1, -0.05) is 19.8 Å². The minimum Gasteiger partial charge on any atom is -0.389 e. The summed E-state index contributed by atoms with van der Waals surface area (Å²) in [5.41, 5.74) is 4.58. The van der Waals surface area contributed by atoms with E-state index in [1.165, 1.54) is 0 Å². The van der Waals surface area contributed by atoms with E-state index in [0.29, 0.717) is 12.5 Å². The van der Waals surface area contributed by atoms with Gasteiger partial charge in [0.25, 0.3) is 0 Å². The summed E-state index contributed by atoms with van der Waals surface area (Å²) in [5.74, 6) is -0.754. The van der Waals surface area contributed by atoms with Gasteiger partial charge in [0.15, 0.2) is 0 Å². The fraction of sp³-hybridized carbons (Fsp3) is 1.00. The van der Waals surface area contributed by atoms with Crippen molar-refractivity contribution in [3.8, 4) is 0 Å². The average Bonchev–Trinajstić information content (AvgIpc) is 2.38. The van der Waals surface area contributed by atoms with Crippen molar-refractivity contribution in [2.45, 2.75) is 70.1 Å². The average molecular weight is 293 g/mol. The van der Waals surface area contributed by atoms with E-state index in [0.717, 1.165) is 25.7 Å². The lowest BCUT2D eigenvalue weighted by atomic mass is 9.56. The van der Waals surface area contributed by atoms with Gasteiger partial charge < -0.3 is 10.8 Å². The molecule has 2 aliphatic rings. The first kappa shape index (κ1) is 16.1. The first-order valence-corrected chi connectivity index (χ1v) is 7.72. The van der Waals surface area contributed by atoms with Crippen LogP contribution in [0.25, 0.3) is 0 Å². The summed E-state index contributed by atoms with van der Waals surface area (Å²) in [7, 11) is 0. The molecule has 0 aromatic carbocycles. The quantitative estimate of drug-likeness (QED) is 0.816. The topological polar surface area (TPSA) is 46.2 Å². The Balaban J connectivity index is 2.11. The van der Waals surface area contributed by atoms with E-state index in [9.17, 15) is 18.3 Å². The zero-order valence-corrected chi connectivity index (χ0v) is 12.2. The lowest BCUT2D eigenvalue weighted by Gasteiger charge is -2.53. The van der Waals surface area contributed by atoms with Crippen LogP contribution in [0.2, 0.25) is 0 Å². The smallest absolute Gasteiger partial charge is 0.389 e. The van der Waals surface area contributed by atoms with Crippen LogP contribution in [0.3, 0.4) is 0 Å². The Morgan fingerprint density at radius 3 is 2.20 bits per heavy atom. The highest BCUT2D eigenvalue weighted by molar-refractivity contribution is 5.04. The monoisotopic (exact) mass is 293 g/mol. The van der Waals surface area contributed by atoms with Gasteiger partial charge in [-0.05, 0) is 44.4 Å². The molecule has 2 unspecified atom stereocenters. The van der Waals surface area contributed by atoms with E-state index in [-0.39, 0.29) is 31.1 Å². The Morgan fingerprint density at radius 2 is 1.75 bits per heavy atom. The van der Waals surface area contributed by atoms with Crippen molar-refractivity contribution in [1.29, 1.82) is 0 Å². The van der Waals surface area contributed by atoms with Crippen LogP contribution in [0.4, 0.5) is 13.2 Å². The summed E-state index contributed by atoms with van der Waals surface area (Å²) >= 11 is 0. The molecule has 2 rings (SSSR count). The number of halogens is 3. The second kappa shape index (κ2) is 5.48. The van der Waals surface area contributed by atoms with Gasteiger partial charge in [-0.2, -0.15) is 13.2 Å². The van der Waals surface area contributed by atoms with Crippen molar-refractivity contribution in [3.63, 3.8) is 0 Å². The molecule has 5 heteroatoms. The Labute approximate surface area is 118 Å². The molecular formula is C15H26F3NO. The predicted octanol–water partition coefficient (Wildman–Crippen LogP) is 3.63.